The number of benzene rings is 1. The molecule has 5 rings (SSSR count). The summed E-state index contributed by atoms with van der Waals surface area (Å²) in [6.45, 7) is 1.87. The van der Waals surface area contributed by atoms with Crippen LogP contribution in [0.25, 0.3) is 27.7 Å². The van der Waals surface area contributed by atoms with Crippen molar-refractivity contribution in [3.05, 3.63) is 66.9 Å². The zero-order chi connectivity index (χ0) is 16.8. The van der Waals surface area contributed by atoms with E-state index in [0.29, 0.717) is 5.82 Å². The highest BCUT2D eigenvalue weighted by Gasteiger charge is 2.10. The average molecular weight is 329 g/mol. The fourth-order valence-electron chi connectivity index (χ4n) is 3.07. The van der Waals surface area contributed by atoms with Crippen molar-refractivity contribution >= 4 is 28.1 Å². The van der Waals surface area contributed by atoms with Crippen LogP contribution in [-0.4, -0.2) is 19.5 Å². The normalized spacial score (nSPS) is 11.4. The molecule has 4 heterocycles. The number of aryl methyl sites for hydroxylation is 1. The number of imidazole rings is 1. The summed E-state index contributed by atoms with van der Waals surface area (Å²) in [7, 11) is 0. The zero-order valence-corrected chi connectivity index (χ0v) is 13.5. The van der Waals surface area contributed by atoms with Gasteiger partial charge in [-0.3, -0.25) is 0 Å². The quantitative estimate of drug-likeness (QED) is 0.510. The highest BCUT2D eigenvalue weighted by molar-refractivity contribution is 5.86. The Morgan fingerprint density at radius 2 is 2.08 bits per heavy atom. The van der Waals surface area contributed by atoms with Gasteiger partial charge in [0, 0.05) is 41.9 Å². The van der Waals surface area contributed by atoms with Crippen molar-refractivity contribution in [2.45, 2.75) is 6.92 Å². The lowest BCUT2D eigenvalue weighted by Gasteiger charge is -2.09. The number of H-pyrrole nitrogens is 1. The van der Waals surface area contributed by atoms with E-state index in [1.165, 1.54) is 5.39 Å². The molecule has 0 amide bonds. The third-order valence-corrected chi connectivity index (χ3v) is 4.27. The highest BCUT2D eigenvalue weighted by atomic mass is 16.5. The van der Waals surface area contributed by atoms with Gasteiger partial charge >= 0.3 is 0 Å². The molecule has 5 aromatic rings. The molecule has 2 N–H and O–H groups in total. The number of aromatic nitrogens is 4. The monoisotopic (exact) mass is 329 g/mol. The minimum Gasteiger partial charge on any atom is -0.361 e. The number of hydrogen-bond donors (Lipinski definition) is 2. The van der Waals surface area contributed by atoms with Crippen LogP contribution in [0.5, 0.6) is 0 Å². The lowest BCUT2D eigenvalue weighted by atomic mass is 10.1. The first-order valence-corrected chi connectivity index (χ1v) is 8.01. The number of aromatic amines is 1. The van der Waals surface area contributed by atoms with Gasteiger partial charge in [0.15, 0.2) is 11.5 Å². The van der Waals surface area contributed by atoms with E-state index in [2.05, 4.69) is 57.0 Å². The first kappa shape index (κ1) is 13.9. The van der Waals surface area contributed by atoms with Crippen LogP contribution in [0.2, 0.25) is 0 Å². The Balaban J connectivity index is 1.65. The fourth-order valence-corrected chi connectivity index (χ4v) is 3.07. The molecule has 0 aliphatic carbocycles. The molecule has 0 saturated carbocycles. The number of anilines is 2. The molecule has 25 heavy (non-hydrogen) atoms. The van der Waals surface area contributed by atoms with Crippen LogP contribution in [0.4, 0.5) is 11.5 Å². The average Bonchev–Trinajstić information content (AvgIpc) is 3.34. The Labute approximate surface area is 143 Å². The number of pyridine rings is 1. The lowest BCUT2D eigenvalue weighted by molar-refractivity contribution is 0.400. The molecule has 0 aliphatic heterocycles. The van der Waals surface area contributed by atoms with Gasteiger partial charge in [-0.1, -0.05) is 17.3 Å². The molecule has 0 spiro atoms. The van der Waals surface area contributed by atoms with Gasteiger partial charge in [0.25, 0.3) is 0 Å². The van der Waals surface area contributed by atoms with E-state index in [1.54, 1.807) is 6.20 Å². The molecule has 0 bridgehead atoms. The molecule has 0 fully saturated rings. The van der Waals surface area contributed by atoms with Gasteiger partial charge in [0.2, 0.25) is 0 Å². The van der Waals surface area contributed by atoms with E-state index in [9.17, 15) is 0 Å². The minimum atomic E-state index is 0.666. The molecule has 0 saturated heterocycles. The van der Waals surface area contributed by atoms with Crippen LogP contribution in [0.1, 0.15) is 5.76 Å². The van der Waals surface area contributed by atoms with Crippen molar-refractivity contribution in [1.82, 2.24) is 19.5 Å². The third kappa shape index (κ3) is 2.35. The molecule has 122 valence electrons. The predicted molar refractivity (Wildman–Crippen MR) is 97.0 cm³/mol. The van der Waals surface area contributed by atoms with Gasteiger partial charge in [-0.15, -0.1) is 0 Å². The summed E-state index contributed by atoms with van der Waals surface area (Å²) in [5.41, 5.74) is 5.05. The Bertz CT molecular complexity index is 1200. The van der Waals surface area contributed by atoms with Crippen LogP contribution in [0, 0.1) is 6.92 Å². The van der Waals surface area contributed by atoms with Gasteiger partial charge in [-0.05, 0) is 36.1 Å². The predicted octanol–water partition coefficient (Wildman–Crippen LogP) is 4.52. The Morgan fingerprint density at radius 3 is 2.96 bits per heavy atom. The van der Waals surface area contributed by atoms with Crippen LogP contribution in [0.3, 0.4) is 0 Å². The van der Waals surface area contributed by atoms with Crippen LogP contribution in [-0.2, 0) is 0 Å². The minimum absolute atomic E-state index is 0.666. The van der Waals surface area contributed by atoms with Crippen molar-refractivity contribution in [2.75, 3.05) is 5.32 Å². The molecule has 0 atom stereocenters. The maximum atomic E-state index is 5.14. The maximum Gasteiger partial charge on any atom is 0.174 e. The molecule has 4 aromatic heterocycles. The summed E-state index contributed by atoms with van der Waals surface area (Å²) in [5.74, 6) is 1.43. The van der Waals surface area contributed by atoms with E-state index >= 15 is 0 Å². The van der Waals surface area contributed by atoms with E-state index in [-0.39, 0.29) is 0 Å². The largest absolute Gasteiger partial charge is 0.361 e. The summed E-state index contributed by atoms with van der Waals surface area (Å²) >= 11 is 0. The van der Waals surface area contributed by atoms with Gasteiger partial charge in [0.05, 0.1) is 5.69 Å². The van der Waals surface area contributed by atoms with Gasteiger partial charge in [-0.2, -0.15) is 0 Å². The smallest absolute Gasteiger partial charge is 0.174 e. The molecule has 0 aliphatic rings. The topological polar surface area (TPSA) is 71.2 Å². The Hall–Kier alpha value is -3.54. The van der Waals surface area contributed by atoms with Gasteiger partial charge in [0.1, 0.15) is 5.76 Å². The van der Waals surface area contributed by atoms with E-state index in [0.717, 1.165) is 33.7 Å². The van der Waals surface area contributed by atoms with Crippen molar-refractivity contribution in [3.8, 4) is 11.1 Å². The molecular formula is C19H15N5O. The van der Waals surface area contributed by atoms with Crippen molar-refractivity contribution in [2.24, 2.45) is 0 Å². The highest BCUT2D eigenvalue weighted by Crippen LogP contribution is 2.29. The van der Waals surface area contributed by atoms with E-state index < -0.39 is 0 Å². The number of nitrogens with zero attached hydrogens (tertiary/aromatic N) is 3. The second-order valence-electron chi connectivity index (χ2n) is 6.03. The van der Waals surface area contributed by atoms with Crippen molar-refractivity contribution in [3.63, 3.8) is 0 Å². The second kappa shape index (κ2) is 5.24. The van der Waals surface area contributed by atoms with Crippen LogP contribution < -0.4 is 5.32 Å². The van der Waals surface area contributed by atoms with Crippen molar-refractivity contribution < 1.29 is 4.52 Å². The standard InChI is InChI=1S/C19H15N5O/c1-12-8-18(23-25-12)22-17-10-15(11-24-7-6-21-19(17)24)14-3-2-13-4-5-20-16(13)9-14/h2-11,20H,1H3,(H,22,23). The molecule has 0 unspecified atom stereocenters. The summed E-state index contributed by atoms with van der Waals surface area (Å²) in [4.78, 5) is 7.70. The first-order valence-electron chi connectivity index (χ1n) is 8.01. The Kier molecular flexibility index (Phi) is 2.90. The molecule has 0 radical (unpaired) electrons. The molecular weight excluding hydrogens is 314 g/mol. The summed E-state index contributed by atoms with van der Waals surface area (Å²) in [5, 5.41) is 8.51. The van der Waals surface area contributed by atoms with Crippen LogP contribution in [0.15, 0.2) is 65.7 Å². The summed E-state index contributed by atoms with van der Waals surface area (Å²) in [6.07, 6.45) is 7.75. The molecule has 6 nitrogen and oxygen atoms in total. The number of rotatable bonds is 3. The first-order chi connectivity index (χ1) is 12.3. The summed E-state index contributed by atoms with van der Waals surface area (Å²) < 4.78 is 7.14. The van der Waals surface area contributed by atoms with Gasteiger partial charge < -0.3 is 19.2 Å². The lowest BCUT2D eigenvalue weighted by Crippen LogP contribution is -1.96. The zero-order valence-electron chi connectivity index (χ0n) is 13.5. The SMILES string of the molecule is Cc1cc(Nc2cc(-c3ccc4cc[nH]c4c3)cn3ccnc23)no1. The fraction of sp³-hybridized carbons (Fsp3) is 0.0526. The number of fused-ring (bicyclic) bond motifs is 2. The molecule has 6 heteroatoms. The van der Waals surface area contributed by atoms with Crippen LogP contribution >= 0.6 is 0 Å². The van der Waals surface area contributed by atoms with E-state index in [4.69, 9.17) is 4.52 Å². The third-order valence-electron chi connectivity index (χ3n) is 4.27. The maximum absolute atomic E-state index is 5.14. The number of hydrogen-bond acceptors (Lipinski definition) is 4. The molecule has 1 aromatic carbocycles. The number of nitrogens with one attached hydrogen (secondary N) is 2. The van der Waals surface area contributed by atoms with Gasteiger partial charge in [-0.25, -0.2) is 4.98 Å². The Morgan fingerprint density at radius 1 is 1.12 bits per heavy atom. The van der Waals surface area contributed by atoms with Crippen molar-refractivity contribution in [1.29, 1.82) is 0 Å². The summed E-state index contributed by atoms with van der Waals surface area (Å²) in [6, 6.07) is 12.4. The van der Waals surface area contributed by atoms with E-state index in [1.807, 2.05) is 29.8 Å². The second-order valence-corrected chi connectivity index (χ2v) is 6.03.